The minimum absolute atomic E-state index is 0.00283. The number of phenols is 1. The fraction of sp³-hybridized carbons (Fsp3) is 0.0833. The summed E-state index contributed by atoms with van der Waals surface area (Å²) in [6.07, 6.45) is 1.40. The molecule has 1 saturated heterocycles. The number of carbonyl (C=O) groups excluding carboxylic acids is 2. The van der Waals surface area contributed by atoms with Crippen LogP contribution in [0.25, 0.3) is 6.08 Å². The lowest BCUT2D eigenvalue weighted by atomic mass is 10.2. The molecule has 98 valence electrons. The van der Waals surface area contributed by atoms with Crippen LogP contribution in [0.15, 0.2) is 30.0 Å². The fourth-order valence-electron chi connectivity index (χ4n) is 1.59. The van der Waals surface area contributed by atoms with Crippen molar-refractivity contribution in [1.82, 2.24) is 10.2 Å². The highest BCUT2D eigenvalue weighted by Gasteiger charge is 2.34. The molecule has 19 heavy (non-hydrogen) atoms. The van der Waals surface area contributed by atoms with E-state index in [1.54, 1.807) is 12.1 Å². The van der Waals surface area contributed by atoms with Gasteiger partial charge in [-0.05, 0) is 23.8 Å². The van der Waals surface area contributed by atoms with Crippen LogP contribution in [-0.2, 0) is 9.59 Å². The van der Waals surface area contributed by atoms with Crippen molar-refractivity contribution in [1.29, 1.82) is 0 Å². The quantitative estimate of drug-likeness (QED) is 0.539. The molecule has 1 aliphatic rings. The van der Waals surface area contributed by atoms with E-state index in [0.29, 0.717) is 10.5 Å². The number of nitrogens with zero attached hydrogens (tertiary/aromatic N) is 1. The zero-order chi connectivity index (χ0) is 14.0. The van der Waals surface area contributed by atoms with Crippen molar-refractivity contribution < 1.29 is 24.6 Å². The molecule has 1 fully saturated rings. The lowest BCUT2D eigenvalue weighted by molar-refractivity contribution is -0.140. The highest BCUT2D eigenvalue weighted by atomic mass is 16.4. The molecule has 0 aliphatic carbocycles. The van der Waals surface area contributed by atoms with Gasteiger partial charge in [0, 0.05) is 0 Å². The number of carboxylic acid groups (broad SMARTS) is 1. The number of hydrogen-bond acceptors (Lipinski definition) is 4. The molecule has 7 nitrogen and oxygen atoms in total. The Morgan fingerprint density at radius 2 is 1.89 bits per heavy atom. The van der Waals surface area contributed by atoms with Gasteiger partial charge in [0.2, 0.25) is 0 Å². The van der Waals surface area contributed by atoms with Gasteiger partial charge in [0.05, 0.1) is 0 Å². The molecule has 1 aliphatic heterocycles. The van der Waals surface area contributed by atoms with Crippen LogP contribution in [0.5, 0.6) is 5.75 Å². The zero-order valence-corrected chi connectivity index (χ0v) is 9.66. The van der Waals surface area contributed by atoms with Crippen LogP contribution in [0.1, 0.15) is 5.56 Å². The third-order valence-corrected chi connectivity index (χ3v) is 2.46. The second-order valence-corrected chi connectivity index (χ2v) is 3.86. The Hall–Kier alpha value is -2.83. The van der Waals surface area contributed by atoms with Crippen LogP contribution in [0.2, 0.25) is 0 Å². The van der Waals surface area contributed by atoms with E-state index in [1.807, 2.05) is 0 Å². The van der Waals surface area contributed by atoms with E-state index in [0.717, 1.165) is 0 Å². The lowest BCUT2D eigenvalue weighted by Gasteiger charge is -2.06. The first kappa shape index (κ1) is 12.6. The maximum Gasteiger partial charge on any atom is 0.329 e. The largest absolute Gasteiger partial charge is 0.508 e. The number of amides is 3. The Balaban J connectivity index is 2.23. The van der Waals surface area contributed by atoms with Crippen molar-refractivity contribution in [2.75, 3.05) is 6.54 Å². The van der Waals surface area contributed by atoms with Gasteiger partial charge in [0.25, 0.3) is 5.91 Å². The van der Waals surface area contributed by atoms with Crippen molar-refractivity contribution in [3.05, 3.63) is 35.5 Å². The predicted molar refractivity (Wildman–Crippen MR) is 64.0 cm³/mol. The molecule has 2 rings (SSSR count). The number of urea groups is 1. The highest BCUT2D eigenvalue weighted by Crippen LogP contribution is 2.16. The van der Waals surface area contributed by atoms with Gasteiger partial charge < -0.3 is 15.5 Å². The van der Waals surface area contributed by atoms with E-state index in [4.69, 9.17) is 10.2 Å². The second-order valence-electron chi connectivity index (χ2n) is 3.86. The predicted octanol–water partition coefficient (Wildman–Crippen LogP) is 0.369. The summed E-state index contributed by atoms with van der Waals surface area (Å²) in [5.74, 6) is -1.88. The summed E-state index contributed by atoms with van der Waals surface area (Å²) in [7, 11) is 0. The van der Waals surface area contributed by atoms with E-state index in [2.05, 4.69) is 5.32 Å². The summed E-state index contributed by atoms with van der Waals surface area (Å²) in [5.41, 5.74) is 0.593. The van der Waals surface area contributed by atoms with Crippen LogP contribution in [-0.4, -0.2) is 39.6 Å². The number of benzene rings is 1. The summed E-state index contributed by atoms with van der Waals surface area (Å²) < 4.78 is 0. The highest BCUT2D eigenvalue weighted by molar-refractivity contribution is 6.15. The number of nitrogens with one attached hydrogen (secondary N) is 1. The maximum absolute atomic E-state index is 11.8. The minimum Gasteiger partial charge on any atom is -0.508 e. The van der Waals surface area contributed by atoms with Crippen molar-refractivity contribution in [3.63, 3.8) is 0 Å². The number of imide groups is 1. The Labute approximate surface area is 107 Å². The van der Waals surface area contributed by atoms with Crippen LogP contribution < -0.4 is 5.32 Å². The van der Waals surface area contributed by atoms with Crippen LogP contribution in [0.3, 0.4) is 0 Å². The van der Waals surface area contributed by atoms with Gasteiger partial charge in [-0.1, -0.05) is 12.1 Å². The summed E-state index contributed by atoms with van der Waals surface area (Å²) in [6, 6.07) is 5.21. The third kappa shape index (κ3) is 2.71. The second kappa shape index (κ2) is 4.81. The first-order valence-corrected chi connectivity index (χ1v) is 5.33. The molecule has 0 atom stereocenters. The summed E-state index contributed by atoms with van der Waals surface area (Å²) in [4.78, 5) is 34.3. The van der Waals surface area contributed by atoms with E-state index < -0.39 is 24.5 Å². The third-order valence-electron chi connectivity index (χ3n) is 2.46. The van der Waals surface area contributed by atoms with E-state index in [-0.39, 0.29) is 11.4 Å². The molecule has 0 radical (unpaired) electrons. The first-order valence-electron chi connectivity index (χ1n) is 5.33. The lowest BCUT2D eigenvalue weighted by Crippen LogP contribution is -2.35. The Kier molecular flexibility index (Phi) is 3.19. The molecule has 1 aromatic rings. The summed E-state index contributed by atoms with van der Waals surface area (Å²) in [6.45, 7) is -0.683. The van der Waals surface area contributed by atoms with Gasteiger partial charge in [-0.2, -0.15) is 0 Å². The number of hydrogen-bond donors (Lipinski definition) is 3. The number of aliphatic carboxylic acids is 1. The molecular weight excluding hydrogens is 252 g/mol. The number of carboxylic acids is 1. The van der Waals surface area contributed by atoms with Crippen molar-refractivity contribution >= 4 is 24.0 Å². The fourth-order valence-corrected chi connectivity index (χ4v) is 1.59. The first-order chi connectivity index (χ1) is 8.97. The molecule has 3 amide bonds. The Bertz CT molecular complexity index is 576. The topological polar surface area (TPSA) is 107 Å². The number of carbonyl (C=O) groups is 3. The van der Waals surface area contributed by atoms with Crippen LogP contribution in [0.4, 0.5) is 4.79 Å². The van der Waals surface area contributed by atoms with Crippen molar-refractivity contribution in [2.45, 2.75) is 0 Å². The van der Waals surface area contributed by atoms with Gasteiger partial charge in [-0.25, -0.2) is 9.69 Å². The number of phenolic OH excluding ortho intramolecular Hbond substituents is 1. The molecule has 0 saturated carbocycles. The molecule has 7 heteroatoms. The zero-order valence-electron chi connectivity index (χ0n) is 9.66. The molecule has 1 heterocycles. The van der Waals surface area contributed by atoms with Crippen molar-refractivity contribution in [3.8, 4) is 5.75 Å². The van der Waals surface area contributed by atoms with Crippen LogP contribution in [0, 0.1) is 0 Å². The van der Waals surface area contributed by atoms with E-state index in [1.165, 1.54) is 18.2 Å². The molecular formula is C12H10N2O5. The van der Waals surface area contributed by atoms with Gasteiger partial charge in [0.1, 0.15) is 18.0 Å². The molecule has 1 aromatic carbocycles. The van der Waals surface area contributed by atoms with Gasteiger partial charge in [0.15, 0.2) is 0 Å². The number of aromatic hydroxyl groups is 1. The Morgan fingerprint density at radius 3 is 2.47 bits per heavy atom. The average Bonchev–Trinajstić information content (AvgIpc) is 2.60. The molecule has 0 unspecified atom stereocenters. The monoisotopic (exact) mass is 262 g/mol. The van der Waals surface area contributed by atoms with Gasteiger partial charge in [-0.15, -0.1) is 0 Å². The molecule has 0 aromatic heterocycles. The molecule has 0 spiro atoms. The van der Waals surface area contributed by atoms with Crippen LogP contribution >= 0.6 is 0 Å². The van der Waals surface area contributed by atoms with Gasteiger partial charge in [-0.3, -0.25) is 9.59 Å². The van der Waals surface area contributed by atoms with E-state index in [9.17, 15) is 14.4 Å². The van der Waals surface area contributed by atoms with E-state index >= 15 is 0 Å². The maximum atomic E-state index is 11.8. The molecule has 3 N–H and O–H groups in total. The smallest absolute Gasteiger partial charge is 0.329 e. The normalized spacial score (nSPS) is 16.8. The van der Waals surface area contributed by atoms with Gasteiger partial charge >= 0.3 is 12.0 Å². The minimum atomic E-state index is -1.27. The summed E-state index contributed by atoms with van der Waals surface area (Å²) >= 11 is 0. The average molecular weight is 262 g/mol. The number of rotatable bonds is 3. The molecule has 0 bridgehead atoms. The summed E-state index contributed by atoms with van der Waals surface area (Å²) in [5, 5.41) is 20.0. The Morgan fingerprint density at radius 1 is 1.26 bits per heavy atom. The SMILES string of the molecule is O=C(O)CN1C(=O)N/C(=C/c2ccc(O)cc2)C1=O. The van der Waals surface area contributed by atoms with Crippen molar-refractivity contribution in [2.24, 2.45) is 0 Å². The standard InChI is InChI=1S/C12H10N2O5/c15-8-3-1-7(2-4-8)5-9-11(18)14(6-10(16)17)12(19)13-9/h1-5,15H,6H2,(H,13,19)(H,16,17)/b9-5+.